The van der Waals surface area contributed by atoms with Crippen molar-refractivity contribution in [3.8, 4) is 5.75 Å². The number of carbonyl (C=O) groups excluding carboxylic acids is 1. The number of hydrogen-bond donors (Lipinski definition) is 1. The van der Waals surface area contributed by atoms with E-state index in [9.17, 15) is 4.79 Å². The molecule has 2 rings (SSSR count). The molecule has 1 amide bonds. The van der Waals surface area contributed by atoms with Gasteiger partial charge in [-0.1, -0.05) is 18.2 Å². The summed E-state index contributed by atoms with van der Waals surface area (Å²) in [7, 11) is 1.63. The van der Waals surface area contributed by atoms with E-state index in [2.05, 4.69) is 15.5 Å². The standard InChI is InChI=1S/C16H15N3O2/c1-21-15-6-4-13(5-7-15)3-2-10-18-19-16(20)14-8-11-17-12-9-14/h2-12H,1H3,(H,19,20)/b3-2+,18-10+. The van der Waals surface area contributed by atoms with Gasteiger partial charge in [-0.05, 0) is 35.9 Å². The Labute approximate surface area is 123 Å². The predicted octanol–water partition coefficient (Wildman–Crippen LogP) is 2.52. The average molecular weight is 281 g/mol. The van der Waals surface area contributed by atoms with Crippen LogP contribution in [0.2, 0.25) is 0 Å². The molecule has 2 aromatic rings. The van der Waals surface area contributed by atoms with Crippen LogP contribution in [0.1, 0.15) is 15.9 Å². The molecule has 0 atom stereocenters. The van der Waals surface area contributed by atoms with E-state index >= 15 is 0 Å². The Morgan fingerprint density at radius 3 is 2.57 bits per heavy atom. The van der Waals surface area contributed by atoms with Gasteiger partial charge in [0, 0.05) is 24.2 Å². The number of pyridine rings is 1. The highest BCUT2D eigenvalue weighted by molar-refractivity contribution is 5.94. The lowest BCUT2D eigenvalue weighted by Crippen LogP contribution is -2.17. The second-order valence-corrected chi connectivity index (χ2v) is 4.09. The highest BCUT2D eigenvalue weighted by atomic mass is 16.5. The van der Waals surface area contributed by atoms with Crippen LogP contribution < -0.4 is 10.2 Å². The Bertz CT molecular complexity index is 634. The van der Waals surface area contributed by atoms with E-state index in [0.29, 0.717) is 5.56 Å². The van der Waals surface area contributed by atoms with E-state index in [1.807, 2.05) is 30.3 Å². The number of hydrogen-bond acceptors (Lipinski definition) is 4. The maximum atomic E-state index is 11.7. The van der Waals surface area contributed by atoms with Gasteiger partial charge in [-0.2, -0.15) is 5.10 Å². The molecule has 1 aromatic carbocycles. The van der Waals surface area contributed by atoms with Crippen molar-refractivity contribution >= 4 is 18.2 Å². The van der Waals surface area contributed by atoms with Crippen molar-refractivity contribution in [3.05, 3.63) is 66.0 Å². The molecule has 0 saturated carbocycles. The first kappa shape index (κ1) is 14.5. The summed E-state index contributed by atoms with van der Waals surface area (Å²) in [5, 5.41) is 3.84. The summed E-state index contributed by atoms with van der Waals surface area (Å²) in [6, 6.07) is 10.9. The number of rotatable bonds is 5. The third-order valence-corrected chi connectivity index (χ3v) is 2.67. The van der Waals surface area contributed by atoms with Gasteiger partial charge in [0.05, 0.1) is 7.11 Å². The molecule has 0 aliphatic carbocycles. The molecular formula is C16H15N3O2. The van der Waals surface area contributed by atoms with E-state index in [1.54, 1.807) is 37.7 Å². The Morgan fingerprint density at radius 2 is 1.90 bits per heavy atom. The number of aromatic nitrogens is 1. The highest BCUT2D eigenvalue weighted by Gasteiger charge is 2.01. The summed E-state index contributed by atoms with van der Waals surface area (Å²) >= 11 is 0. The first-order valence-electron chi connectivity index (χ1n) is 6.34. The van der Waals surface area contributed by atoms with E-state index in [-0.39, 0.29) is 5.91 Å². The van der Waals surface area contributed by atoms with E-state index in [1.165, 1.54) is 6.21 Å². The van der Waals surface area contributed by atoms with Gasteiger partial charge in [0.25, 0.3) is 5.91 Å². The molecule has 0 radical (unpaired) electrons. The van der Waals surface area contributed by atoms with Gasteiger partial charge in [0.15, 0.2) is 0 Å². The molecule has 106 valence electrons. The number of methoxy groups -OCH3 is 1. The maximum Gasteiger partial charge on any atom is 0.271 e. The third kappa shape index (κ3) is 4.58. The number of allylic oxidation sites excluding steroid dienone is 1. The average Bonchev–Trinajstić information content (AvgIpc) is 2.55. The zero-order valence-electron chi connectivity index (χ0n) is 11.6. The van der Waals surface area contributed by atoms with Crippen molar-refractivity contribution < 1.29 is 9.53 Å². The fourth-order valence-corrected chi connectivity index (χ4v) is 1.58. The van der Waals surface area contributed by atoms with Crippen LogP contribution >= 0.6 is 0 Å². The lowest BCUT2D eigenvalue weighted by molar-refractivity contribution is 0.0955. The van der Waals surface area contributed by atoms with Gasteiger partial charge in [0.1, 0.15) is 5.75 Å². The summed E-state index contributed by atoms with van der Waals surface area (Å²) in [5.74, 6) is 0.539. The predicted molar refractivity (Wildman–Crippen MR) is 82.2 cm³/mol. The van der Waals surface area contributed by atoms with Gasteiger partial charge < -0.3 is 4.74 Å². The van der Waals surface area contributed by atoms with E-state index < -0.39 is 0 Å². The summed E-state index contributed by atoms with van der Waals surface area (Å²) in [6.07, 6.45) is 8.25. The number of benzene rings is 1. The summed E-state index contributed by atoms with van der Waals surface area (Å²) < 4.78 is 5.08. The monoisotopic (exact) mass is 281 g/mol. The minimum absolute atomic E-state index is 0.272. The minimum atomic E-state index is -0.272. The molecule has 5 nitrogen and oxygen atoms in total. The molecule has 1 heterocycles. The van der Waals surface area contributed by atoms with Crippen LogP contribution in [0.4, 0.5) is 0 Å². The quantitative estimate of drug-likeness (QED) is 0.676. The number of nitrogens with zero attached hydrogens (tertiary/aromatic N) is 2. The van der Waals surface area contributed by atoms with Gasteiger partial charge in [0.2, 0.25) is 0 Å². The fourth-order valence-electron chi connectivity index (χ4n) is 1.58. The van der Waals surface area contributed by atoms with Gasteiger partial charge >= 0.3 is 0 Å². The fraction of sp³-hybridized carbons (Fsp3) is 0.0625. The Balaban J connectivity index is 1.84. The van der Waals surface area contributed by atoms with E-state index in [4.69, 9.17) is 4.74 Å². The van der Waals surface area contributed by atoms with Crippen LogP contribution in [0, 0.1) is 0 Å². The molecule has 0 spiro atoms. The largest absolute Gasteiger partial charge is 0.497 e. The first-order chi connectivity index (χ1) is 10.3. The second kappa shape index (κ2) is 7.59. The van der Waals surface area contributed by atoms with E-state index in [0.717, 1.165) is 11.3 Å². The number of carbonyl (C=O) groups is 1. The number of ether oxygens (including phenoxy) is 1. The van der Waals surface area contributed by atoms with Crippen LogP contribution in [-0.2, 0) is 0 Å². The highest BCUT2D eigenvalue weighted by Crippen LogP contribution is 2.11. The smallest absolute Gasteiger partial charge is 0.271 e. The van der Waals surface area contributed by atoms with Crippen molar-refractivity contribution in [1.29, 1.82) is 0 Å². The molecule has 0 aliphatic heterocycles. The number of nitrogens with one attached hydrogen (secondary N) is 1. The third-order valence-electron chi connectivity index (χ3n) is 2.67. The van der Waals surface area contributed by atoms with Crippen LogP contribution in [0.5, 0.6) is 5.75 Å². The maximum absolute atomic E-state index is 11.7. The summed E-state index contributed by atoms with van der Waals surface area (Å²) in [6.45, 7) is 0. The van der Waals surface area contributed by atoms with Gasteiger partial charge in [-0.25, -0.2) is 5.43 Å². The molecule has 1 aromatic heterocycles. The minimum Gasteiger partial charge on any atom is -0.497 e. The van der Waals surface area contributed by atoms with Crippen LogP contribution in [-0.4, -0.2) is 24.2 Å². The van der Waals surface area contributed by atoms with Gasteiger partial charge in [-0.15, -0.1) is 0 Å². The lowest BCUT2D eigenvalue weighted by Gasteiger charge is -1.98. The summed E-state index contributed by atoms with van der Waals surface area (Å²) in [4.78, 5) is 15.5. The van der Waals surface area contributed by atoms with Crippen LogP contribution in [0.15, 0.2) is 60.0 Å². The van der Waals surface area contributed by atoms with Crippen molar-refractivity contribution in [2.45, 2.75) is 0 Å². The van der Waals surface area contributed by atoms with Crippen molar-refractivity contribution in [2.75, 3.05) is 7.11 Å². The zero-order valence-corrected chi connectivity index (χ0v) is 11.6. The van der Waals surface area contributed by atoms with Crippen molar-refractivity contribution in [3.63, 3.8) is 0 Å². The molecule has 0 saturated heterocycles. The molecule has 21 heavy (non-hydrogen) atoms. The number of amides is 1. The molecule has 0 aliphatic rings. The normalized spacial score (nSPS) is 10.9. The zero-order chi connectivity index (χ0) is 14.9. The molecule has 0 bridgehead atoms. The Morgan fingerprint density at radius 1 is 1.19 bits per heavy atom. The van der Waals surface area contributed by atoms with Crippen LogP contribution in [0.25, 0.3) is 6.08 Å². The Hall–Kier alpha value is -2.95. The molecule has 0 fully saturated rings. The molecule has 1 N–H and O–H groups in total. The molecular weight excluding hydrogens is 266 g/mol. The van der Waals surface area contributed by atoms with Crippen molar-refractivity contribution in [1.82, 2.24) is 10.4 Å². The molecule has 0 unspecified atom stereocenters. The first-order valence-corrected chi connectivity index (χ1v) is 6.34. The Kier molecular flexibility index (Phi) is 5.23. The summed E-state index contributed by atoms with van der Waals surface area (Å²) in [5.41, 5.74) is 3.97. The molecule has 5 heteroatoms. The lowest BCUT2D eigenvalue weighted by atomic mass is 10.2. The second-order valence-electron chi connectivity index (χ2n) is 4.09. The van der Waals surface area contributed by atoms with Gasteiger partial charge in [-0.3, -0.25) is 9.78 Å². The van der Waals surface area contributed by atoms with Crippen molar-refractivity contribution in [2.24, 2.45) is 5.10 Å². The topological polar surface area (TPSA) is 63.6 Å². The van der Waals surface area contributed by atoms with Crippen LogP contribution in [0.3, 0.4) is 0 Å². The SMILES string of the molecule is COc1ccc(/C=C/C=N/NC(=O)c2ccncc2)cc1. The number of hydrazone groups is 1.